The topological polar surface area (TPSA) is 21.7 Å². The highest BCUT2D eigenvalue weighted by molar-refractivity contribution is 7.94. The molecule has 0 aliphatic carbocycles. The number of rotatable bonds is 3. The van der Waals surface area contributed by atoms with Gasteiger partial charge in [-0.1, -0.05) is 0 Å². The Morgan fingerprint density at radius 2 is 1.92 bits per heavy atom. The fourth-order valence-corrected chi connectivity index (χ4v) is 1.82. The number of morpholine rings is 1. The summed E-state index contributed by atoms with van der Waals surface area (Å²) in [5.41, 5.74) is -0.0447. The molecule has 13 heavy (non-hydrogen) atoms. The molecule has 1 heterocycles. The van der Waals surface area contributed by atoms with Crippen LogP contribution in [0.25, 0.3) is 0 Å². The van der Waals surface area contributed by atoms with E-state index in [2.05, 4.69) is 25.7 Å². The molecule has 1 saturated heterocycles. The van der Waals surface area contributed by atoms with Gasteiger partial charge < -0.3 is 8.92 Å². The van der Waals surface area contributed by atoms with Gasteiger partial charge in [0.1, 0.15) is 0 Å². The van der Waals surface area contributed by atoms with Gasteiger partial charge in [-0.15, -0.1) is 0 Å². The Morgan fingerprint density at radius 3 is 2.46 bits per heavy atom. The molecule has 4 heteroatoms. The van der Waals surface area contributed by atoms with Crippen molar-refractivity contribution in [2.24, 2.45) is 0 Å². The fourth-order valence-electron chi connectivity index (χ4n) is 1.01. The van der Waals surface area contributed by atoms with Gasteiger partial charge in [-0.05, 0) is 20.8 Å². The minimum Gasteiger partial charge on any atom is -0.379 e. The van der Waals surface area contributed by atoms with E-state index in [-0.39, 0.29) is 5.60 Å². The molecule has 1 rings (SSSR count). The van der Waals surface area contributed by atoms with Gasteiger partial charge in [-0.3, -0.25) is 4.90 Å². The Hall–Kier alpha value is 0.230. The van der Waals surface area contributed by atoms with Crippen LogP contribution in [0.15, 0.2) is 0 Å². The molecule has 0 amide bonds. The maximum absolute atomic E-state index is 5.57. The molecule has 1 aliphatic rings. The molecule has 0 aromatic heterocycles. The average Bonchev–Trinajstić information content (AvgIpc) is 2.04. The lowest BCUT2D eigenvalue weighted by molar-refractivity contribution is 0.0458. The monoisotopic (exact) mass is 205 g/mol. The highest BCUT2D eigenvalue weighted by atomic mass is 32.2. The molecule has 78 valence electrons. The third-order valence-electron chi connectivity index (χ3n) is 1.65. The number of ether oxygens (including phenoxy) is 1. The second-order valence-electron chi connectivity index (χ2n) is 4.17. The molecular weight excluding hydrogens is 186 g/mol. The summed E-state index contributed by atoms with van der Waals surface area (Å²) in [6, 6.07) is 0. The molecule has 3 nitrogen and oxygen atoms in total. The lowest BCUT2D eigenvalue weighted by Crippen LogP contribution is -2.36. The van der Waals surface area contributed by atoms with E-state index >= 15 is 0 Å². The molecule has 0 atom stereocenters. The standard InChI is InChI=1S/C9H19NO2S/c1-9(2,3)12-13-8-10-4-6-11-7-5-10/h4-8H2,1-3H3. The molecule has 1 fully saturated rings. The Balaban J connectivity index is 2.04. The molecule has 0 radical (unpaired) electrons. The summed E-state index contributed by atoms with van der Waals surface area (Å²) in [6.07, 6.45) is 0. The summed E-state index contributed by atoms with van der Waals surface area (Å²) in [7, 11) is 0. The van der Waals surface area contributed by atoms with Crippen molar-refractivity contribution >= 4 is 12.0 Å². The first-order valence-electron chi connectivity index (χ1n) is 4.69. The van der Waals surface area contributed by atoms with E-state index in [0.717, 1.165) is 32.2 Å². The van der Waals surface area contributed by atoms with Gasteiger partial charge in [-0.2, -0.15) is 0 Å². The van der Waals surface area contributed by atoms with Crippen LogP contribution in [0.3, 0.4) is 0 Å². The smallest absolute Gasteiger partial charge is 0.0745 e. The van der Waals surface area contributed by atoms with Crippen LogP contribution in [0.2, 0.25) is 0 Å². The number of hydrogen-bond donors (Lipinski definition) is 0. The predicted molar refractivity (Wildman–Crippen MR) is 55.7 cm³/mol. The Kier molecular flexibility index (Phi) is 4.52. The second-order valence-corrected chi connectivity index (χ2v) is 4.83. The van der Waals surface area contributed by atoms with E-state index in [0.29, 0.717) is 0 Å². The zero-order valence-electron chi connectivity index (χ0n) is 8.71. The third kappa shape index (κ3) is 5.52. The van der Waals surface area contributed by atoms with Crippen LogP contribution >= 0.6 is 12.0 Å². The number of nitrogens with zero attached hydrogens (tertiary/aromatic N) is 1. The van der Waals surface area contributed by atoms with E-state index in [1.54, 1.807) is 0 Å². The van der Waals surface area contributed by atoms with E-state index in [1.165, 1.54) is 12.0 Å². The SMILES string of the molecule is CC(C)(C)OSCN1CCOCC1. The van der Waals surface area contributed by atoms with Crippen molar-refractivity contribution in [1.82, 2.24) is 4.90 Å². The predicted octanol–water partition coefficient (Wildman–Crippen LogP) is 1.74. The highest BCUT2D eigenvalue weighted by Crippen LogP contribution is 2.17. The van der Waals surface area contributed by atoms with Crippen LogP contribution in [0.5, 0.6) is 0 Å². The van der Waals surface area contributed by atoms with Crippen LogP contribution < -0.4 is 0 Å². The summed E-state index contributed by atoms with van der Waals surface area (Å²) in [4.78, 5) is 2.35. The van der Waals surface area contributed by atoms with Crippen LogP contribution in [-0.2, 0) is 8.92 Å². The summed E-state index contributed by atoms with van der Waals surface area (Å²) in [5, 5.41) is 0. The quantitative estimate of drug-likeness (QED) is 0.654. The van der Waals surface area contributed by atoms with Crippen molar-refractivity contribution in [2.45, 2.75) is 26.4 Å². The van der Waals surface area contributed by atoms with Crippen LogP contribution in [-0.4, -0.2) is 42.7 Å². The first-order chi connectivity index (χ1) is 6.08. The van der Waals surface area contributed by atoms with Crippen LogP contribution in [0.4, 0.5) is 0 Å². The first kappa shape index (κ1) is 11.3. The molecule has 0 spiro atoms. The molecule has 0 unspecified atom stereocenters. The lowest BCUT2D eigenvalue weighted by atomic mass is 10.2. The summed E-state index contributed by atoms with van der Waals surface area (Å²) in [5.74, 6) is 0.945. The van der Waals surface area contributed by atoms with Gasteiger partial charge in [0, 0.05) is 25.1 Å². The summed E-state index contributed by atoms with van der Waals surface area (Å²) >= 11 is 1.54. The number of hydrogen-bond acceptors (Lipinski definition) is 4. The van der Waals surface area contributed by atoms with Crippen molar-refractivity contribution in [3.63, 3.8) is 0 Å². The maximum atomic E-state index is 5.57. The van der Waals surface area contributed by atoms with Gasteiger partial charge >= 0.3 is 0 Å². The van der Waals surface area contributed by atoms with Gasteiger partial charge in [0.2, 0.25) is 0 Å². The minimum atomic E-state index is -0.0447. The molecule has 0 N–H and O–H groups in total. The third-order valence-corrected chi connectivity index (χ3v) is 2.74. The van der Waals surface area contributed by atoms with E-state index in [4.69, 9.17) is 8.92 Å². The van der Waals surface area contributed by atoms with Gasteiger partial charge in [0.15, 0.2) is 0 Å². The molecule has 0 bridgehead atoms. The Morgan fingerprint density at radius 1 is 1.31 bits per heavy atom. The molecular formula is C9H19NO2S. The second kappa shape index (κ2) is 5.20. The molecule has 0 aromatic rings. The van der Waals surface area contributed by atoms with Gasteiger partial charge in [-0.25, -0.2) is 0 Å². The highest BCUT2D eigenvalue weighted by Gasteiger charge is 2.14. The molecule has 1 aliphatic heterocycles. The van der Waals surface area contributed by atoms with Gasteiger partial charge in [0.25, 0.3) is 0 Å². The van der Waals surface area contributed by atoms with Crippen LogP contribution in [0.1, 0.15) is 20.8 Å². The zero-order chi connectivity index (χ0) is 9.73. The van der Waals surface area contributed by atoms with Crippen molar-refractivity contribution in [3.05, 3.63) is 0 Å². The zero-order valence-corrected chi connectivity index (χ0v) is 9.52. The largest absolute Gasteiger partial charge is 0.379 e. The normalized spacial score (nSPS) is 20.5. The van der Waals surface area contributed by atoms with E-state index in [1.807, 2.05) is 0 Å². The van der Waals surface area contributed by atoms with Crippen molar-refractivity contribution in [1.29, 1.82) is 0 Å². The van der Waals surface area contributed by atoms with E-state index < -0.39 is 0 Å². The minimum absolute atomic E-state index is 0.0447. The van der Waals surface area contributed by atoms with Crippen molar-refractivity contribution in [3.8, 4) is 0 Å². The lowest BCUT2D eigenvalue weighted by Gasteiger charge is -2.27. The molecule has 0 saturated carbocycles. The first-order valence-corrected chi connectivity index (χ1v) is 5.60. The fraction of sp³-hybridized carbons (Fsp3) is 1.00. The summed E-state index contributed by atoms with van der Waals surface area (Å²) < 4.78 is 10.8. The molecule has 0 aromatic carbocycles. The Labute approximate surface area is 85.0 Å². The maximum Gasteiger partial charge on any atom is 0.0745 e. The summed E-state index contributed by atoms with van der Waals surface area (Å²) in [6.45, 7) is 9.98. The Bertz CT molecular complexity index is 141. The van der Waals surface area contributed by atoms with Gasteiger partial charge in [0.05, 0.1) is 24.7 Å². The van der Waals surface area contributed by atoms with Crippen molar-refractivity contribution in [2.75, 3.05) is 32.2 Å². The van der Waals surface area contributed by atoms with E-state index in [9.17, 15) is 0 Å². The average molecular weight is 205 g/mol. The van der Waals surface area contributed by atoms with Crippen LogP contribution in [0, 0.1) is 0 Å². The van der Waals surface area contributed by atoms with Crippen molar-refractivity contribution < 1.29 is 8.92 Å².